The van der Waals surface area contributed by atoms with Gasteiger partial charge in [-0.2, -0.15) is 0 Å². The van der Waals surface area contributed by atoms with E-state index in [1.807, 2.05) is 30.3 Å². The van der Waals surface area contributed by atoms with Gasteiger partial charge in [0.1, 0.15) is 11.2 Å². The fourth-order valence-electron chi connectivity index (χ4n) is 6.79. The van der Waals surface area contributed by atoms with Gasteiger partial charge < -0.3 is 8.98 Å². The fourth-order valence-corrected chi connectivity index (χ4v) is 8.10. The number of fused-ring (bicyclic) bond motifs is 10. The average molecular weight is 594 g/mol. The SMILES string of the molecule is c1ccc(-c2nc(-c3ccc4oc5ccccc5c4c3)nc3c2sc2c3ccc3c2c2ccccc2n3-c2ccccc2)cc1. The third-order valence-corrected chi connectivity index (χ3v) is 10.0. The molecule has 0 amide bonds. The van der Waals surface area contributed by atoms with Crippen LogP contribution in [0.1, 0.15) is 0 Å². The number of benzene rings is 6. The molecule has 10 rings (SSSR count). The molecular formula is C40H23N3OS. The van der Waals surface area contributed by atoms with Crippen molar-refractivity contribution in [3.05, 3.63) is 140 Å². The Morgan fingerprint density at radius 3 is 2.11 bits per heavy atom. The lowest BCUT2D eigenvalue weighted by Gasteiger charge is -2.07. The summed E-state index contributed by atoms with van der Waals surface area (Å²) >= 11 is 1.79. The molecule has 0 radical (unpaired) electrons. The second-order valence-electron chi connectivity index (χ2n) is 11.4. The van der Waals surface area contributed by atoms with Gasteiger partial charge in [0, 0.05) is 48.4 Å². The third-order valence-electron chi connectivity index (χ3n) is 8.81. The molecule has 0 aliphatic heterocycles. The maximum Gasteiger partial charge on any atom is 0.160 e. The molecule has 45 heavy (non-hydrogen) atoms. The Balaban J connectivity index is 1.30. The third kappa shape index (κ3) is 3.59. The van der Waals surface area contributed by atoms with Gasteiger partial charge in [0.25, 0.3) is 0 Å². The summed E-state index contributed by atoms with van der Waals surface area (Å²) in [6.07, 6.45) is 0. The van der Waals surface area contributed by atoms with Gasteiger partial charge in [-0.25, -0.2) is 9.97 Å². The van der Waals surface area contributed by atoms with Crippen molar-refractivity contribution in [2.75, 3.05) is 0 Å². The topological polar surface area (TPSA) is 43.9 Å². The number of hydrogen-bond donors (Lipinski definition) is 0. The van der Waals surface area contributed by atoms with E-state index in [2.05, 4.69) is 114 Å². The standard InChI is InChI=1S/C40H23N3OS/c1-3-11-24(12-4-1)36-39-37(42-40(41-36)25-19-22-34-30(23-25)27-15-8-10-18-33(27)44-34)29-20-21-32-35(38(29)45-39)28-16-7-9-17-31(28)43(32)26-13-5-2-6-14-26/h1-23H. The Hall–Kier alpha value is -5.78. The van der Waals surface area contributed by atoms with Crippen LogP contribution in [0, 0.1) is 0 Å². The highest BCUT2D eigenvalue weighted by molar-refractivity contribution is 7.27. The molecule has 210 valence electrons. The zero-order valence-corrected chi connectivity index (χ0v) is 24.8. The minimum Gasteiger partial charge on any atom is -0.456 e. The van der Waals surface area contributed by atoms with Crippen molar-refractivity contribution in [2.24, 2.45) is 0 Å². The zero-order valence-electron chi connectivity index (χ0n) is 23.9. The molecule has 0 spiro atoms. The van der Waals surface area contributed by atoms with Crippen LogP contribution >= 0.6 is 11.3 Å². The number of aromatic nitrogens is 3. The smallest absolute Gasteiger partial charge is 0.160 e. The van der Waals surface area contributed by atoms with Crippen molar-refractivity contribution in [1.82, 2.24) is 14.5 Å². The van der Waals surface area contributed by atoms with E-state index < -0.39 is 0 Å². The molecule has 0 aliphatic rings. The summed E-state index contributed by atoms with van der Waals surface area (Å²) in [5, 5.41) is 5.80. The summed E-state index contributed by atoms with van der Waals surface area (Å²) < 4.78 is 10.8. The van der Waals surface area contributed by atoms with Crippen molar-refractivity contribution < 1.29 is 4.42 Å². The van der Waals surface area contributed by atoms with Crippen molar-refractivity contribution in [2.45, 2.75) is 0 Å². The predicted molar refractivity (Wildman–Crippen MR) is 187 cm³/mol. The molecule has 4 heterocycles. The molecule has 6 aromatic carbocycles. The van der Waals surface area contributed by atoms with E-state index in [-0.39, 0.29) is 0 Å². The van der Waals surface area contributed by atoms with Crippen LogP contribution in [0.4, 0.5) is 0 Å². The normalized spacial score (nSPS) is 12.0. The van der Waals surface area contributed by atoms with Gasteiger partial charge in [-0.15, -0.1) is 11.3 Å². The zero-order chi connectivity index (χ0) is 29.5. The van der Waals surface area contributed by atoms with Crippen LogP contribution in [0.25, 0.3) is 92.4 Å². The average Bonchev–Trinajstić information content (AvgIpc) is 3.77. The van der Waals surface area contributed by atoms with E-state index in [0.717, 1.165) is 60.0 Å². The van der Waals surface area contributed by atoms with Gasteiger partial charge >= 0.3 is 0 Å². The van der Waals surface area contributed by atoms with E-state index in [0.29, 0.717) is 5.82 Å². The Labute approximate surface area is 261 Å². The molecule has 0 unspecified atom stereocenters. The minimum absolute atomic E-state index is 0.708. The molecule has 4 nitrogen and oxygen atoms in total. The summed E-state index contributed by atoms with van der Waals surface area (Å²) in [5.41, 5.74) is 9.26. The molecule has 0 saturated heterocycles. The lowest BCUT2D eigenvalue weighted by molar-refractivity contribution is 0.669. The molecule has 0 aliphatic carbocycles. The van der Waals surface area contributed by atoms with Crippen LogP contribution in [0.5, 0.6) is 0 Å². The first-order chi connectivity index (χ1) is 22.3. The summed E-state index contributed by atoms with van der Waals surface area (Å²) in [4.78, 5) is 10.6. The highest BCUT2D eigenvalue weighted by atomic mass is 32.1. The van der Waals surface area contributed by atoms with Crippen molar-refractivity contribution in [1.29, 1.82) is 0 Å². The quantitative estimate of drug-likeness (QED) is 0.205. The van der Waals surface area contributed by atoms with Gasteiger partial charge in [-0.05, 0) is 54.6 Å². The van der Waals surface area contributed by atoms with Crippen LogP contribution < -0.4 is 0 Å². The fraction of sp³-hybridized carbons (Fsp3) is 0. The van der Waals surface area contributed by atoms with Crippen LogP contribution in [0.3, 0.4) is 0 Å². The second-order valence-corrected chi connectivity index (χ2v) is 12.4. The van der Waals surface area contributed by atoms with Gasteiger partial charge in [0.15, 0.2) is 5.82 Å². The number of nitrogens with zero attached hydrogens (tertiary/aromatic N) is 3. The Morgan fingerprint density at radius 1 is 0.511 bits per heavy atom. The largest absolute Gasteiger partial charge is 0.456 e. The maximum atomic E-state index is 6.12. The molecule has 0 N–H and O–H groups in total. The van der Waals surface area contributed by atoms with Gasteiger partial charge in [-0.3, -0.25) is 0 Å². The molecule has 5 heteroatoms. The first-order valence-corrected chi connectivity index (χ1v) is 15.8. The maximum absolute atomic E-state index is 6.12. The molecule has 10 aromatic rings. The lowest BCUT2D eigenvalue weighted by Crippen LogP contribution is -1.93. The number of furan rings is 1. The summed E-state index contributed by atoms with van der Waals surface area (Å²) in [6, 6.07) is 48.7. The van der Waals surface area contributed by atoms with E-state index >= 15 is 0 Å². The first-order valence-electron chi connectivity index (χ1n) is 15.0. The number of hydrogen-bond acceptors (Lipinski definition) is 4. The van der Waals surface area contributed by atoms with E-state index in [1.54, 1.807) is 11.3 Å². The van der Waals surface area contributed by atoms with Gasteiger partial charge in [0.2, 0.25) is 0 Å². The van der Waals surface area contributed by atoms with Crippen molar-refractivity contribution in [3.8, 4) is 28.3 Å². The molecule has 0 bridgehead atoms. The number of rotatable bonds is 3. The predicted octanol–water partition coefficient (Wildman–Crippen LogP) is 11.2. The highest BCUT2D eigenvalue weighted by Gasteiger charge is 2.21. The number of thiophene rings is 1. The first kappa shape index (κ1) is 24.6. The van der Waals surface area contributed by atoms with Crippen LogP contribution in [-0.2, 0) is 0 Å². The number of para-hydroxylation sites is 3. The Kier molecular flexibility index (Phi) is 5.12. The van der Waals surface area contributed by atoms with Crippen LogP contribution in [0.15, 0.2) is 144 Å². The molecule has 0 atom stereocenters. The second kappa shape index (κ2) is 9.36. The Morgan fingerprint density at radius 2 is 1.24 bits per heavy atom. The van der Waals surface area contributed by atoms with Crippen LogP contribution in [0.2, 0.25) is 0 Å². The van der Waals surface area contributed by atoms with E-state index in [4.69, 9.17) is 14.4 Å². The Bertz CT molecular complexity index is 2760. The highest BCUT2D eigenvalue weighted by Crippen LogP contribution is 2.45. The van der Waals surface area contributed by atoms with Gasteiger partial charge in [-0.1, -0.05) is 84.9 Å². The summed E-state index contributed by atoms with van der Waals surface area (Å²) in [5.74, 6) is 0.708. The molecule has 4 aromatic heterocycles. The minimum atomic E-state index is 0.708. The van der Waals surface area contributed by atoms with Gasteiger partial charge in [0.05, 0.1) is 26.9 Å². The summed E-state index contributed by atoms with van der Waals surface area (Å²) in [6.45, 7) is 0. The molecular weight excluding hydrogens is 571 g/mol. The van der Waals surface area contributed by atoms with E-state index in [1.165, 1.54) is 26.5 Å². The lowest BCUT2D eigenvalue weighted by atomic mass is 10.1. The molecule has 0 saturated carbocycles. The van der Waals surface area contributed by atoms with E-state index in [9.17, 15) is 0 Å². The van der Waals surface area contributed by atoms with Crippen LogP contribution in [-0.4, -0.2) is 14.5 Å². The molecule has 0 fully saturated rings. The van der Waals surface area contributed by atoms with Crippen molar-refractivity contribution in [3.63, 3.8) is 0 Å². The summed E-state index contributed by atoms with van der Waals surface area (Å²) in [7, 11) is 0. The monoisotopic (exact) mass is 593 g/mol. The van der Waals surface area contributed by atoms with Crippen molar-refractivity contribution >= 4 is 75.4 Å².